The van der Waals surface area contributed by atoms with Crippen LogP contribution < -0.4 is 5.73 Å². The average molecular weight is 376 g/mol. The first-order valence-electron chi connectivity index (χ1n) is 10.0. The molecule has 27 heavy (non-hydrogen) atoms. The van der Waals surface area contributed by atoms with E-state index in [1.807, 2.05) is 18.3 Å². The number of nitrogens with one attached hydrogen (secondary N) is 1. The summed E-state index contributed by atoms with van der Waals surface area (Å²) in [7, 11) is 0. The Labute approximate surface area is 161 Å². The molecule has 0 bridgehead atoms. The van der Waals surface area contributed by atoms with Gasteiger partial charge in [-0.1, -0.05) is 18.2 Å². The van der Waals surface area contributed by atoms with Gasteiger partial charge in [0.15, 0.2) is 6.29 Å². The summed E-state index contributed by atoms with van der Waals surface area (Å²) in [5, 5.41) is 11.3. The van der Waals surface area contributed by atoms with Crippen molar-refractivity contribution >= 4 is 10.9 Å². The smallest absolute Gasteiger partial charge is 0.160 e. The van der Waals surface area contributed by atoms with Crippen LogP contribution >= 0.6 is 0 Å². The lowest BCUT2D eigenvalue weighted by Gasteiger charge is -2.32. The number of fused-ring (bicyclic) bond motifs is 1. The average Bonchev–Trinajstić information content (AvgIpc) is 3.08. The van der Waals surface area contributed by atoms with Crippen molar-refractivity contribution in [3.63, 3.8) is 0 Å². The number of hydrogen-bond acceptors (Lipinski definition) is 5. The quantitative estimate of drug-likeness (QED) is 0.525. The Bertz CT molecular complexity index is 675. The molecule has 0 amide bonds. The minimum absolute atomic E-state index is 0.110. The molecule has 4 N–H and O–H groups in total. The van der Waals surface area contributed by atoms with E-state index in [0.29, 0.717) is 32.7 Å². The standard InChI is InChI=1S/C21H32N2O4/c22-9-4-1-5-10-25-15-18-12-17(24)13-21(27-18)26-11-8-16-14-23-20-7-3-2-6-19(16)20/h2-3,6-7,14,17-18,21,23-24H,1,4-5,8-13,15,22H2/t17-,18-,21-/m0/s1. The van der Waals surface area contributed by atoms with E-state index >= 15 is 0 Å². The highest BCUT2D eigenvalue weighted by molar-refractivity contribution is 5.82. The summed E-state index contributed by atoms with van der Waals surface area (Å²) < 4.78 is 17.5. The second kappa shape index (κ2) is 10.8. The van der Waals surface area contributed by atoms with E-state index in [0.717, 1.165) is 37.7 Å². The highest BCUT2D eigenvalue weighted by Gasteiger charge is 2.29. The molecule has 0 aliphatic carbocycles. The second-order valence-electron chi connectivity index (χ2n) is 7.22. The number of H-pyrrole nitrogens is 1. The summed E-state index contributed by atoms with van der Waals surface area (Å²) in [5.74, 6) is 0. The minimum Gasteiger partial charge on any atom is -0.393 e. The van der Waals surface area contributed by atoms with Crippen molar-refractivity contribution in [3.8, 4) is 0 Å². The summed E-state index contributed by atoms with van der Waals surface area (Å²) in [6, 6.07) is 8.25. The molecule has 6 nitrogen and oxygen atoms in total. The molecule has 6 heteroatoms. The first kappa shape index (κ1) is 20.3. The Morgan fingerprint density at radius 3 is 2.93 bits per heavy atom. The van der Waals surface area contributed by atoms with Crippen LogP contribution in [0.3, 0.4) is 0 Å². The third-order valence-electron chi connectivity index (χ3n) is 4.99. The van der Waals surface area contributed by atoms with E-state index in [4.69, 9.17) is 19.9 Å². The van der Waals surface area contributed by atoms with Crippen molar-refractivity contribution in [3.05, 3.63) is 36.0 Å². The van der Waals surface area contributed by atoms with Crippen molar-refractivity contribution in [2.45, 2.75) is 57.0 Å². The van der Waals surface area contributed by atoms with E-state index in [1.54, 1.807) is 0 Å². The molecule has 1 aliphatic rings. The Morgan fingerprint density at radius 2 is 2.04 bits per heavy atom. The Hall–Kier alpha value is -1.44. The second-order valence-corrected chi connectivity index (χ2v) is 7.22. The van der Waals surface area contributed by atoms with Gasteiger partial charge in [-0.2, -0.15) is 0 Å². The monoisotopic (exact) mass is 376 g/mol. The molecule has 1 aliphatic heterocycles. The predicted octanol–water partition coefficient (Wildman–Crippen LogP) is 2.74. The Kier molecular flexibility index (Phi) is 8.10. The van der Waals surface area contributed by atoms with Crippen LogP contribution in [0, 0.1) is 0 Å². The van der Waals surface area contributed by atoms with Crippen molar-refractivity contribution in [1.29, 1.82) is 0 Å². The maximum atomic E-state index is 10.1. The van der Waals surface area contributed by atoms with Gasteiger partial charge < -0.3 is 30.0 Å². The van der Waals surface area contributed by atoms with Crippen LogP contribution in [0.25, 0.3) is 10.9 Å². The van der Waals surface area contributed by atoms with Gasteiger partial charge in [0.1, 0.15) is 0 Å². The zero-order valence-electron chi connectivity index (χ0n) is 15.9. The molecule has 3 rings (SSSR count). The van der Waals surface area contributed by atoms with Crippen molar-refractivity contribution < 1.29 is 19.3 Å². The SMILES string of the molecule is NCCCCCOC[C@@H]1C[C@H](O)C[C@@H](OCCc2c[nH]c3ccccc23)O1. The zero-order valence-corrected chi connectivity index (χ0v) is 15.9. The number of aliphatic hydroxyl groups excluding tert-OH is 1. The van der Waals surface area contributed by atoms with E-state index < -0.39 is 6.10 Å². The Balaban J connectivity index is 1.38. The molecule has 150 valence electrons. The van der Waals surface area contributed by atoms with Crippen LogP contribution in [0.4, 0.5) is 0 Å². The summed E-state index contributed by atoms with van der Waals surface area (Å²) in [4.78, 5) is 3.28. The summed E-state index contributed by atoms with van der Waals surface area (Å²) in [5.41, 5.74) is 7.86. The number of para-hydroxylation sites is 1. The molecule has 0 radical (unpaired) electrons. The predicted molar refractivity (Wildman–Crippen MR) is 106 cm³/mol. The van der Waals surface area contributed by atoms with Gasteiger partial charge in [-0.15, -0.1) is 0 Å². The van der Waals surface area contributed by atoms with Crippen LogP contribution in [-0.2, 0) is 20.6 Å². The lowest BCUT2D eigenvalue weighted by atomic mass is 10.1. The third-order valence-corrected chi connectivity index (χ3v) is 4.99. The summed E-state index contributed by atoms with van der Waals surface area (Å²) in [6.07, 6.45) is 6.21. The van der Waals surface area contributed by atoms with E-state index in [9.17, 15) is 5.11 Å². The number of unbranched alkanes of at least 4 members (excludes halogenated alkanes) is 2. The number of ether oxygens (including phenoxy) is 3. The van der Waals surface area contributed by atoms with Gasteiger partial charge in [0, 0.05) is 36.5 Å². The third kappa shape index (κ3) is 6.30. The number of aromatic amines is 1. The fraction of sp³-hybridized carbons (Fsp3) is 0.619. The van der Waals surface area contributed by atoms with Crippen molar-refractivity contribution in [1.82, 2.24) is 4.98 Å². The fourth-order valence-corrected chi connectivity index (χ4v) is 3.54. The number of benzene rings is 1. The maximum Gasteiger partial charge on any atom is 0.160 e. The van der Waals surface area contributed by atoms with E-state index in [-0.39, 0.29) is 12.4 Å². The first-order valence-corrected chi connectivity index (χ1v) is 10.0. The lowest BCUT2D eigenvalue weighted by molar-refractivity contribution is -0.224. The van der Waals surface area contributed by atoms with Gasteiger partial charge in [-0.3, -0.25) is 0 Å². The van der Waals surface area contributed by atoms with Crippen molar-refractivity contribution in [2.75, 3.05) is 26.4 Å². The fourth-order valence-electron chi connectivity index (χ4n) is 3.54. The summed E-state index contributed by atoms with van der Waals surface area (Å²) >= 11 is 0. The molecule has 1 aromatic heterocycles. The molecule has 3 atom stereocenters. The summed E-state index contributed by atoms with van der Waals surface area (Å²) in [6.45, 7) is 2.51. The van der Waals surface area contributed by atoms with Gasteiger partial charge in [-0.25, -0.2) is 0 Å². The Morgan fingerprint density at radius 1 is 1.15 bits per heavy atom. The van der Waals surface area contributed by atoms with Gasteiger partial charge in [-0.05, 0) is 43.9 Å². The van der Waals surface area contributed by atoms with Crippen LogP contribution in [0.2, 0.25) is 0 Å². The molecule has 1 fully saturated rings. The van der Waals surface area contributed by atoms with E-state index in [2.05, 4.69) is 17.1 Å². The van der Waals surface area contributed by atoms with Crippen LogP contribution in [-0.4, -0.2) is 55.0 Å². The largest absolute Gasteiger partial charge is 0.393 e. The number of rotatable bonds is 11. The molecular formula is C21H32N2O4. The molecule has 2 heterocycles. The number of hydrogen-bond donors (Lipinski definition) is 3. The topological polar surface area (TPSA) is 89.7 Å². The van der Waals surface area contributed by atoms with Crippen LogP contribution in [0.1, 0.15) is 37.7 Å². The van der Waals surface area contributed by atoms with Crippen LogP contribution in [0.5, 0.6) is 0 Å². The van der Waals surface area contributed by atoms with Crippen molar-refractivity contribution in [2.24, 2.45) is 5.73 Å². The number of aliphatic hydroxyl groups is 1. The first-order chi connectivity index (χ1) is 13.3. The minimum atomic E-state index is -0.400. The zero-order chi connectivity index (χ0) is 18.9. The van der Waals surface area contributed by atoms with Gasteiger partial charge >= 0.3 is 0 Å². The number of nitrogens with two attached hydrogens (primary N) is 1. The van der Waals surface area contributed by atoms with E-state index in [1.165, 1.54) is 10.9 Å². The molecule has 2 aromatic rings. The highest BCUT2D eigenvalue weighted by atomic mass is 16.7. The van der Waals surface area contributed by atoms with Gasteiger partial charge in [0.2, 0.25) is 0 Å². The molecule has 0 saturated carbocycles. The molecule has 0 unspecified atom stereocenters. The lowest BCUT2D eigenvalue weighted by Crippen LogP contribution is -2.39. The molecule has 1 aromatic carbocycles. The van der Waals surface area contributed by atoms with Gasteiger partial charge in [0.25, 0.3) is 0 Å². The number of aromatic nitrogens is 1. The normalized spacial score (nSPS) is 23.1. The van der Waals surface area contributed by atoms with Crippen LogP contribution in [0.15, 0.2) is 30.5 Å². The highest BCUT2D eigenvalue weighted by Crippen LogP contribution is 2.22. The molecule has 0 spiro atoms. The van der Waals surface area contributed by atoms with Gasteiger partial charge in [0.05, 0.1) is 25.4 Å². The maximum absolute atomic E-state index is 10.1. The molecule has 1 saturated heterocycles. The molecular weight excluding hydrogens is 344 g/mol.